The van der Waals surface area contributed by atoms with Gasteiger partial charge in [0.1, 0.15) is 5.82 Å². The van der Waals surface area contributed by atoms with E-state index in [1.54, 1.807) is 6.20 Å². The Hall–Kier alpha value is -2.49. The molecule has 2 heterocycles. The molecule has 1 amide bonds. The van der Waals surface area contributed by atoms with Crippen LogP contribution in [0.3, 0.4) is 0 Å². The van der Waals surface area contributed by atoms with Gasteiger partial charge in [-0.1, -0.05) is 11.3 Å². The van der Waals surface area contributed by atoms with Gasteiger partial charge in [-0.15, -0.1) is 5.10 Å². The second-order valence-electron chi connectivity index (χ2n) is 7.59. The molecular formula is C19H20F4N4O2. The number of halogens is 4. The van der Waals surface area contributed by atoms with Crippen molar-refractivity contribution in [2.24, 2.45) is 5.92 Å². The van der Waals surface area contributed by atoms with Crippen LogP contribution in [0.4, 0.5) is 17.6 Å². The SMILES string of the molecule is O=C([C@H]1C[C@H](OCc2ccc(C(F)(F)F)cc2F)C1)N1CCC(c2cnn[nH]2)C1. The van der Waals surface area contributed by atoms with Crippen molar-refractivity contribution in [3.05, 3.63) is 47.0 Å². The van der Waals surface area contributed by atoms with Crippen LogP contribution in [0.15, 0.2) is 24.4 Å². The number of carbonyl (C=O) groups is 1. The van der Waals surface area contributed by atoms with Gasteiger partial charge in [0.05, 0.1) is 30.2 Å². The summed E-state index contributed by atoms with van der Waals surface area (Å²) in [7, 11) is 0. The lowest BCUT2D eigenvalue weighted by Crippen LogP contribution is -2.43. The lowest BCUT2D eigenvalue weighted by Gasteiger charge is -2.36. The van der Waals surface area contributed by atoms with Crippen LogP contribution in [0.5, 0.6) is 0 Å². The van der Waals surface area contributed by atoms with Crippen LogP contribution in [0.2, 0.25) is 0 Å². The summed E-state index contributed by atoms with van der Waals surface area (Å²) >= 11 is 0. The van der Waals surface area contributed by atoms with Gasteiger partial charge in [-0.05, 0) is 31.4 Å². The summed E-state index contributed by atoms with van der Waals surface area (Å²) in [6.07, 6.45) is -1.17. The molecule has 1 saturated heterocycles. The number of likely N-dealkylation sites (tertiary alicyclic amines) is 1. The van der Waals surface area contributed by atoms with Crippen LogP contribution in [0, 0.1) is 11.7 Å². The Kier molecular flexibility index (Phi) is 5.28. The zero-order valence-corrected chi connectivity index (χ0v) is 15.5. The van der Waals surface area contributed by atoms with Crippen molar-refractivity contribution < 1.29 is 27.1 Å². The van der Waals surface area contributed by atoms with Gasteiger partial charge in [-0.2, -0.15) is 13.2 Å². The number of hydrogen-bond donors (Lipinski definition) is 1. The van der Waals surface area contributed by atoms with Crippen molar-refractivity contribution in [1.29, 1.82) is 0 Å². The summed E-state index contributed by atoms with van der Waals surface area (Å²) in [5, 5.41) is 10.3. The molecular weight excluding hydrogens is 392 g/mol. The summed E-state index contributed by atoms with van der Waals surface area (Å²) in [4.78, 5) is 14.4. The molecule has 10 heteroatoms. The first-order valence-corrected chi connectivity index (χ1v) is 9.43. The molecule has 1 aromatic carbocycles. The van der Waals surface area contributed by atoms with Crippen LogP contribution in [0.25, 0.3) is 0 Å². The minimum atomic E-state index is -4.58. The maximum absolute atomic E-state index is 13.9. The topological polar surface area (TPSA) is 71.1 Å². The summed E-state index contributed by atoms with van der Waals surface area (Å²) in [6, 6.07) is 2.41. The smallest absolute Gasteiger partial charge is 0.373 e. The van der Waals surface area contributed by atoms with Gasteiger partial charge in [0.25, 0.3) is 0 Å². The molecule has 1 atom stereocenters. The number of rotatable bonds is 5. The van der Waals surface area contributed by atoms with Crippen molar-refractivity contribution in [1.82, 2.24) is 20.3 Å². The van der Waals surface area contributed by atoms with Gasteiger partial charge in [-0.25, -0.2) is 4.39 Å². The van der Waals surface area contributed by atoms with Crippen molar-refractivity contribution >= 4 is 5.91 Å². The summed E-state index contributed by atoms with van der Waals surface area (Å²) < 4.78 is 57.2. The van der Waals surface area contributed by atoms with E-state index in [4.69, 9.17) is 4.74 Å². The fourth-order valence-corrected chi connectivity index (χ4v) is 3.83. The van der Waals surface area contributed by atoms with E-state index in [2.05, 4.69) is 15.4 Å². The number of nitrogens with one attached hydrogen (secondary N) is 1. The summed E-state index contributed by atoms with van der Waals surface area (Å²) in [5.74, 6) is -0.775. The Morgan fingerprint density at radius 3 is 2.76 bits per heavy atom. The fraction of sp³-hybridized carbons (Fsp3) is 0.526. The number of carbonyl (C=O) groups excluding carboxylic acids is 1. The Balaban J connectivity index is 1.23. The Bertz CT molecular complexity index is 866. The number of ether oxygens (including phenoxy) is 1. The molecule has 156 valence electrons. The van der Waals surface area contributed by atoms with Gasteiger partial charge in [0.2, 0.25) is 5.91 Å². The number of benzene rings is 1. The molecule has 2 aromatic rings. The number of aromatic nitrogens is 3. The van der Waals surface area contributed by atoms with Crippen LogP contribution in [-0.4, -0.2) is 45.4 Å². The summed E-state index contributed by atoms with van der Waals surface area (Å²) in [5.41, 5.74) is -0.0279. The zero-order valence-electron chi connectivity index (χ0n) is 15.5. The standard InChI is InChI=1S/C19H20F4N4O2/c20-16-7-14(19(21,22)23)2-1-12(16)10-29-15-5-13(6-15)18(28)27-4-3-11(9-27)17-8-24-26-25-17/h1-2,7-8,11,13,15H,3-6,9-10H2,(H,24,25,26)/t11?,13-,15-. The Morgan fingerprint density at radius 1 is 1.31 bits per heavy atom. The van der Waals surface area contributed by atoms with Crippen LogP contribution in [-0.2, 0) is 22.3 Å². The monoisotopic (exact) mass is 412 g/mol. The molecule has 2 aliphatic rings. The molecule has 4 rings (SSSR count). The van der Waals surface area contributed by atoms with E-state index in [1.807, 2.05) is 4.90 Å². The van der Waals surface area contributed by atoms with Gasteiger partial charge >= 0.3 is 6.18 Å². The van der Waals surface area contributed by atoms with E-state index in [1.165, 1.54) is 0 Å². The molecule has 1 unspecified atom stereocenters. The molecule has 1 saturated carbocycles. The van der Waals surface area contributed by atoms with Crippen molar-refractivity contribution in [3.63, 3.8) is 0 Å². The minimum Gasteiger partial charge on any atom is -0.373 e. The normalized spacial score (nSPS) is 24.6. The van der Waals surface area contributed by atoms with Crippen LogP contribution >= 0.6 is 0 Å². The molecule has 2 fully saturated rings. The Labute approximate surface area is 164 Å². The van der Waals surface area contributed by atoms with Crippen LogP contribution < -0.4 is 0 Å². The number of alkyl halides is 3. The van der Waals surface area contributed by atoms with Crippen LogP contribution in [0.1, 0.15) is 42.0 Å². The third kappa shape index (κ3) is 4.26. The second kappa shape index (κ2) is 7.74. The van der Waals surface area contributed by atoms with E-state index in [-0.39, 0.29) is 36.0 Å². The number of nitrogens with zero attached hydrogens (tertiary/aromatic N) is 3. The number of H-pyrrole nitrogens is 1. The van der Waals surface area contributed by atoms with E-state index in [0.717, 1.165) is 24.2 Å². The predicted molar refractivity (Wildman–Crippen MR) is 93.0 cm³/mol. The molecule has 1 aliphatic heterocycles. The molecule has 1 aromatic heterocycles. The highest BCUT2D eigenvalue weighted by Gasteiger charge is 2.40. The maximum Gasteiger partial charge on any atom is 0.416 e. The van der Waals surface area contributed by atoms with E-state index < -0.39 is 17.6 Å². The number of aromatic amines is 1. The second-order valence-corrected chi connectivity index (χ2v) is 7.59. The largest absolute Gasteiger partial charge is 0.416 e. The third-order valence-corrected chi connectivity index (χ3v) is 5.67. The quantitative estimate of drug-likeness (QED) is 0.766. The highest BCUT2D eigenvalue weighted by molar-refractivity contribution is 5.80. The summed E-state index contributed by atoms with van der Waals surface area (Å²) in [6.45, 7) is 1.19. The first kappa shape index (κ1) is 19.8. The molecule has 0 radical (unpaired) electrons. The van der Waals surface area contributed by atoms with Crippen molar-refractivity contribution in [3.8, 4) is 0 Å². The first-order chi connectivity index (χ1) is 13.8. The van der Waals surface area contributed by atoms with Gasteiger partial charge in [0, 0.05) is 30.5 Å². The van der Waals surface area contributed by atoms with E-state index in [9.17, 15) is 22.4 Å². The Morgan fingerprint density at radius 2 is 2.10 bits per heavy atom. The van der Waals surface area contributed by atoms with Crippen molar-refractivity contribution in [2.45, 2.75) is 44.1 Å². The van der Waals surface area contributed by atoms with Gasteiger partial charge in [-0.3, -0.25) is 9.89 Å². The molecule has 0 bridgehead atoms. The number of hydrogen-bond acceptors (Lipinski definition) is 4. The number of amides is 1. The molecule has 0 spiro atoms. The molecule has 1 aliphatic carbocycles. The van der Waals surface area contributed by atoms with Crippen molar-refractivity contribution in [2.75, 3.05) is 13.1 Å². The molecule has 1 N–H and O–H groups in total. The third-order valence-electron chi connectivity index (χ3n) is 5.67. The van der Waals surface area contributed by atoms with E-state index in [0.29, 0.717) is 32.0 Å². The average Bonchev–Trinajstić information content (AvgIpc) is 3.31. The average molecular weight is 412 g/mol. The van der Waals surface area contributed by atoms with E-state index >= 15 is 0 Å². The highest BCUT2D eigenvalue weighted by Crippen LogP contribution is 2.35. The van der Waals surface area contributed by atoms with Gasteiger partial charge < -0.3 is 9.64 Å². The predicted octanol–water partition coefficient (Wildman–Crippen LogP) is 3.27. The van der Waals surface area contributed by atoms with Gasteiger partial charge in [0.15, 0.2) is 0 Å². The maximum atomic E-state index is 13.9. The molecule has 29 heavy (non-hydrogen) atoms. The highest BCUT2D eigenvalue weighted by atomic mass is 19.4. The zero-order chi connectivity index (χ0) is 20.6. The fourth-order valence-electron chi connectivity index (χ4n) is 3.83. The lowest BCUT2D eigenvalue weighted by molar-refractivity contribution is -0.144. The minimum absolute atomic E-state index is 0.0725. The first-order valence-electron chi connectivity index (χ1n) is 9.43. The lowest BCUT2D eigenvalue weighted by atomic mass is 9.81. The molecule has 6 nitrogen and oxygen atoms in total.